The van der Waals surface area contributed by atoms with Crippen LogP contribution in [0.1, 0.15) is 24.8 Å². The van der Waals surface area contributed by atoms with Crippen molar-refractivity contribution >= 4 is 16.4 Å². The molecule has 0 aliphatic carbocycles. The van der Waals surface area contributed by atoms with Gasteiger partial charge in [0.25, 0.3) is 0 Å². The van der Waals surface area contributed by atoms with E-state index in [0.29, 0.717) is 12.5 Å². The van der Waals surface area contributed by atoms with Gasteiger partial charge in [0.05, 0.1) is 6.20 Å². The van der Waals surface area contributed by atoms with Crippen LogP contribution >= 0.6 is 0 Å². The molecule has 6 rings (SSSR count). The molecule has 3 aromatic heterocycles. The van der Waals surface area contributed by atoms with Gasteiger partial charge >= 0.3 is 0 Å². The molecule has 1 aliphatic heterocycles. The molecule has 0 N–H and O–H groups in total. The molecule has 0 atom stereocenters. The van der Waals surface area contributed by atoms with Crippen molar-refractivity contribution in [3.63, 3.8) is 0 Å². The molecular formula is C29H29N5OU. The normalized spacial score (nSPS) is 14.1. The Labute approximate surface area is 235 Å². The molecule has 180 valence electrons. The zero-order valence-corrected chi connectivity index (χ0v) is 24.7. The summed E-state index contributed by atoms with van der Waals surface area (Å²) in [5.41, 5.74) is 6.24. The van der Waals surface area contributed by atoms with E-state index in [1.165, 1.54) is 48.7 Å². The number of aromatic nitrogens is 4. The van der Waals surface area contributed by atoms with Crippen LogP contribution in [0.4, 0.5) is 0 Å². The third kappa shape index (κ3) is 5.06. The third-order valence-corrected chi connectivity index (χ3v) is 6.96. The molecule has 0 saturated carbocycles. The third-order valence-electron chi connectivity index (χ3n) is 6.96. The molecule has 5 aromatic rings. The van der Waals surface area contributed by atoms with Gasteiger partial charge in [0.1, 0.15) is 6.61 Å². The minimum atomic E-state index is 0. The largest absolute Gasteiger partial charge is 0.476 e. The van der Waals surface area contributed by atoms with Gasteiger partial charge in [0, 0.05) is 79.0 Å². The molecule has 4 heterocycles. The fourth-order valence-corrected chi connectivity index (χ4v) is 5.00. The Hall–Kier alpha value is -2.72. The van der Waals surface area contributed by atoms with Gasteiger partial charge < -0.3 is 4.74 Å². The quantitative estimate of drug-likeness (QED) is 0.225. The summed E-state index contributed by atoms with van der Waals surface area (Å²) < 4.78 is 7.73. The van der Waals surface area contributed by atoms with E-state index in [-0.39, 0.29) is 31.1 Å². The van der Waals surface area contributed by atoms with Gasteiger partial charge in [0.2, 0.25) is 5.88 Å². The minimum absolute atomic E-state index is 0. The van der Waals surface area contributed by atoms with Crippen molar-refractivity contribution in [3.8, 4) is 28.1 Å². The second-order valence-electron chi connectivity index (χ2n) is 9.28. The molecule has 0 bridgehead atoms. The smallest absolute Gasteiger partial charge is 0.213 e. The first-order valence-corrected chi connectivity index (χ1v) is 12.4. The van der Waals surface area contributed by atoms with Crippen LogP contribution in [0.2, 0.25) is 0 Å². The van der Waals surface area contributed by atoms with Crippen molar-refractivity contribution < 1.29 is 35.9 Å². The molecule has 6 nitrogen and oxygen atoms in total. The zero-order chi connectivity index (χ0) is 23.6. The monoisotopic (exact) mass is 701 g/mol. The number of rotatable bonds is 6. The first kappa shape index (κ1) is 25.0. The Kier molecular flexibility index (Phi) is 7.71. The summed E-state index contributed by atoms with van der Waals surface area (Å²) in [6.45, 7) is 6.14. The summed E-state index contributed by atoms with van der Waals surface area (Å²) >= 11 is 0. The maximum absolute atomic E-state index is 5.88. The summed E-state index contributed by atoms with van der Waals surface area (Å²) in [6.07, 6.45) is 11.6. The number of likely N-dealkylation sites (tertiary alicyclic amines) is 1. The van der Waals surface area contributed by atoms with Crippen molar-refractivity contribution in [1.82, 2.24) is 24.5 Å². The summed E-state index contributed by atoms with van der Waals surface area (Å²) in [5.74, 6) is 0.660. The molecule has 7 heteroatoms. The fraction of sp³-hybridized carbons (Fsp3) is 0.276. The van der Waals surface area contributed by atoms with E-state index in [9.17, 15) is 0 Å². The Bertz CT molecular complexity index is 1470. The summed E-state index contributed by atoms with van der Waals surface area (Å²) in [6, 6.07) is 16.8. The van der Waals surface area contributed by atoms with Gasteiger partial charge in [-0.25, -0.2) is 14.5 Å². The number of piperidine rings is 1. The van der Waals surface area contributed by atoms with E-state index in [1.54, 1.807) is 0 Å². The summed E-state index contributed by atoms with van der Waals surface area (Å²) in [7, 11) is 0. The van der Waals surface area contributed by atoms with Crippen LogP contribution in [-0.4, -0.2) is 50.7 Å². The van der Waals surface area contributed by atoms with Gasteiger partial charge in [-0.3, -0.25) is 4.90 Å². The number of hydrogen-bond acceptors (Lipinski definition) is 5. The van der Waals surface area contributed by atoms with Crippen molar-refractivity contribution in [2.45, 2.75) is 26.2 Å². The molecule has 1 aliphatic rings. The van der Waals surface area contributed by atoms with E-state index < -0.39 is 0 Å². The van der Waals surface area contributed by atoms with Crippen LogP contribution < -0.4 is 4.74 Å². The predicted octanol–water partition coefficient (Wildman–Crippen LogP) is 5.78. The van der Waals surface area contributed by atoms with Crippen molar-refractivity contribution in [2.24, 2.45) is 0 Å². The zero-order valence-electron chi connectivity index (χ0n) is 20.5. The van der Waals surface area contributed by atoms with E-state index in [0.717, 1.165) is 34.4 Å². The van der Waals surface area contributed by atoms with Gasteiger partial charge in [-0.05, 0) is 60.8 Å². The Morgan fingerprint density at radius 1 is 0.806 bits per heavy atom. The maximum Gasteiger partial charge on any atom is 0.213 e. The molecule has 0 unspecified atom stereocenters. The van der Waals surface area contributed by atoms with Gasteiger partial charge in [-0.2, -0.15) is 5.10 Å². The van der Waals surface area contributed by atoms with Crippen LogP contribution in [0, 0.1) is 38.0 Å². The first-order chi connectivity index (χ1) is 17.3. The molecular weight excluding hydrogens is 672 g/mol. The predicted molar refractivity (Wildman–Crippen MR) is 140 cm³/mol. The topological polar surface area (TPSA) is 55.6 Å². The van der Waals surface area contributed by atoms with Gasteiger partial charge in [0.15, 0.2) is 5.65 Å². The first-order valence-electron chi connectivity index (χ1n) is 12.4. The Morgan fingerprint density at radius 3 is 2.42 bits per heavy atom. The summed E-state index contributed by atoms with van der Waals surface area (Å²) in [4.78, 5) is 11.8. The number of benzene rings is 2. The van der Waals surface area contributed by atoms with Crippen molar-refractivity contribution in [3.05, 3.63) is 78.9 Å². The molecule has 1 fully saturated rings. The Balaban J connectivity index is 0.00000267. The molecule has 0 amide bonds. The fourth-order valence-electron chi connectivity index (χ4n) is 5.00. The molecule has 0 radical (unpaired) electrons. The second kappa shape index (κ2) is 11.1. The molecule has 1 saturated heterocycles. The van der Waals surface area contributed by atoms with Crippen LogP contribution in [0.3, 0.4) is 0 Å². The Morgan fingerprint density at radius 2 is 1.61 bits per heavy atom. The van der Waals surface area contributed by atoms with Crippen molar-refractivity contribution in [1.29, 1.82) is 0 Å². The molecule has 0 spiro atoms. The number of ether oxygens (including phenoxy) is 1. The van der Waals surface area contributed by atoms with Crippen LogP contribution in [0.25, 0.3) is 38.7 Å². The number of fused-ring (bicyclic) bond motifs is 2. The van der Waals surface area contributed by atoms with E-state index in [1.807, 2.05) is 41.4 Å². The molecule has 2 aromatic carbocycles. The average molecular weight is 702 g/mol. The van der Waals surface area contributed by atoms with Crippen molar-refractivity contribution in [2.75, 3.05) is 26.2 Å². The maximum atomic E-state index is 5.88. The van der Waals surface area contributed by atoms with Gasteiger partial charge in [-0.15, -0.1) is 0 Å². The standard InChI is InChI=1S/C29H29N5O.U/c1-21-9-11-26(25-8-4-3-7-24(21)25)27-19-32-34-20-23(18-31-29(27)34)22-10-12-28(30-17-22)35-16-15-33-13-5-2-6-14-33;/h3-4,7-12,17-20H,2,5-6,13-16H2,1H3;. The van der Waals surface area contributed by atoms with Crippen LogP contribution in [0.5, 0.6) is 5.88 Å². The summed E-state index contributed by atoms with van der Waals surface area (Å²) in [5, 5.41) is 7.09. The average Bonchev–Trinajstić information content (AvgIpc) is 3.33. The van der Waals surface area contributed by atoms with Crippen LogP contribution in [0.15, 0.2) is 73.3 Å². The molecule has 36 heavy (non-hydrogen) atoms. The number of aryl methyl sites for hydroxylation is 1. The SMILES string of the molecule is Cc1ccc(-c2cnn3cc(-c4ccc(OCCN5CCCCC5)nc4)cnc23)c2ccccc12.[U]. The van der Waals surface area contributed by atoms with E-state index in [4.69, 9.17) is 9.72 Å². The number of pyridine rings is 1. The minimum Gasteiger partial charge on any atom is -0.476 e. The number of hydrogen-bond donors (Lipinski definition) is 0. The van der Waals surface area contributed by atoms with Gasteiger partial charge in [-0.1, -0.05) is 42.8 Å². The van der Waals surface area contributed by atoms with E-state index >= 15 is 0 Å². The van der Waals surface area contributed by atoms with E-state index in [2.05, 4.69) is 58.3 Å². The number of nitrogens with zero attached hydrogens (tertiary/aromatic N) is 5. The second-order valence-corrected chi connectivity index (χ2v) is 9.28. The van der Waals surface area contributed by atoms with Crippen LogP contribution in [-0.2, 0) is 0 Å².